The predicted octanol–water partition coefficient (Wildman–Crippen LogP) is 1.73. The molecule has 0 saturated heterocycles. The highest BCUT2D eigenvalue weighted by molar-refractivity contribution is 5.88. The van der Waals surface area contributed by atoms with E-state index < -0.39 is 5.54 Å². The first kappa shape index (κ1) is 13.9. The van der Waals surface area contributed by atoms with Gasteiger partial charge in [-0.05, 0) is 55.9 Å². The fourth-order valence-electron chi connectivity index (χ4n) is 2.35. The van der Waals surface area contributed by atoms with Gasteiger partial charge in [-0.15, -0.1) is 0 Å². The van der Waals surface area contributed by atoms with Crippen molar-refractivity contribution < 1.29 is 9.53 Å². The van der Waals surface area contributed by atoms with Crippen molar-refractivity contribution in [2.24, 2.45) is 5.73 Å². The lowest BCUT2D eigenvalue weighted by molar-refractivity contribution is -0.123. The Morgan fingerprint density at radius 3 is 2.53 bits per heavy atom. The van der Waals surface area contributed by atoms with Crippen molar-refractivity contribution in [3.05, 3.63) is 28.3 Å². The van der Waals surface area contributed by atoms with E-state index in [-0.39, 0.29) is 5.91 Å². The van der Waals surface area contributed by atoms with Gasteiger partial charge in [0.25, 0.3) is 0 Å². The van der Waals surface area contributed by atoms with E-state index in [9.17, 15) is 4.79 Å². The Hall–Kier alpha value is -1.55. The molecule has 1 aromatic rings. The lowest BCUT2D eigenvalue weighted by atomic mass is 9.98. The summed E-state index contributed by atoms with van der Waals surface area (Å²) < 4.78 is 5.39. The van der Waals surface area contributed by atoms with Crippen molar-refractivity contribution in [1.82, 2.24) is 5.32 Å². The Kier molecular flexibility index (Phi) is 3.54. The number of ether oxygens (including phenoxy) is 1. The molecule has 0 radical (unpaired) electrons. The average molecular weight is 262 g/mol. The van der Waals surface area contributed by atoms with Gasteiger partial charge < -0.3 is 15.8 Å². The standard InChI is InChI=1S/C15H22N2O2/c1-9-7-12(10(2)11(3)13(9)19-4)8-17-14(18)15(16)5-6-15/h7H,5-6,8,16H2,1-4H3,(H,17,18). The Morgan fingerprint density at radius 2 is 2.00 bits per heavy atom. The van der Waals surface area contributed by atoms with E-state index in [1.165, 1.54) is 0 Å². The number of rotatable bonds is 4. The van der Waals surface area contributed by atoms with Crippen LogP contribution in [0.3, 0.4) is 0 Å². The van der Waals surface area contributed by atoms with Crippen LogP contribution in [0.5, 0.6) is 5.75 Å². The van der Waals surface area contributed by atoms with Crippen LogP contribution in [0.4, 0.5) is 0 Å². The maximum absolute atomic E-state index is 11.8. The Labute approximate surface area is 114 Å². The molecular weight excluding hydrogens is 240 g/mol. The first-order valence-corrected chi connectivity index (χ1v) is 6.60. The van der Waals surface area contributed by atoms with Gasteiger partial charge in [-0.3, -0.25) is 4.79 Å². The van der Waals surface area contributed by atoms with Gasteiger partial charge in [0.1, 0.15) is 5.75 Å². The number of nitrogens with one attached hydrogen (secondary N) is 1. The van der Waals surface area contributed by atoms with E-state index in [2.05, 4.69) is 11.4 Å². The van der Waals surface area contributed by atoms with Crippen molar-refractivity contribution in [2.45, 2.75) is 45.7 Å². The molecule has 1 fully saturated rings. The van der Waals surface area contributed by atoms with Crippen LogP contribution in [0, 0.1) is 20.8 Å². The summed E-state index contributed by atoms with van der Waals surface area (Å²) in [4.78, 5) is 11.8. The molecule has 104 valence electrons. The summed E-state index contributed by atoms with van der Waals surface area (Å²) in [5, 5.41) is 2.93. The molecule has 1 amide bonds. The Balaban J connectivity index is 2.15. The van der Waals surface area contributed by atoms with Gasteiger partial charge in [0, 0.05) is 6.54 Å². The minimum absolute atomic E-state index is 0.0435. The molecule has 4 nitrogen and oxygen atoms in total. The molecule has 0 atom stereocenters. The summed E-state index contributed by atoms with van der Waals surface area (Å²) in [6.45, 7) is 6.63. The number of carbonyl (C=O) groups excluding carboxylic acids is 1. The van der Waals surface area contributed by atoms with Crippen molar-refractivity contribution in [3.8, 4) is 5.75 Å². The summed E-state index contributed by atoms with van der Waals surface area (Å²) in [6.07, 6.45) is 1.58. The molecule has 1 aliphatic carbocycles. The van der Waals surface area contributed by atoms with Gasteiger partial charge >= 0.3 is 0 Å². The van der Waals surface area contributed by atoms with Gasteiger partial charge in [0.2, 0.25) is 5.91 Å². The number of aryl methyl sites for hydroxylation is 1. The maximum Gasteiger partial charge on any atom is 0.240 e. The average Bonchev–Trinajstić information content (AvgIpc) is 3.12. The highest BCUT2D eigenvalue weighted by atomic mass is 16.5. The molecule has 1 aromatic carbocycles. The number of hydrogen-bond acceptors (Lipinski definition) is 3. The summed E-state index contributed by atoms with van der Waals surface area (Å²) >= 11 is 0. The first-order valence-electron chi connectivity index (χ1n) is 6.60. The van der Waals surface area contributed by atoms with Crippen LogP contribution in [-0.2, 0) is 11.3 Å². The van der Waals surface area contributed by atoms with E-state index >= 15 is 0 Å². The smallest absolute Gasteiger partial charge is 0.240 e. The summed E-state index contributed by atoms with van der Waals surface area (Å²) in [7, 11) is 1.68. The quantitative estimate of drug-likeness (QED) is 0.868. The molecule has 0 aromatic heterocycles. The molecule has 2 rings (SSSR count). The largest absolute Gasteiger partial charge is 0.496 e. The molecule has 3 N–H and O–H groups in total. The van der Waals surface area contributed by atoms with Gasteiger partial charge in [-0.1, -0.05) is 6.07 Å². The highest BCUT2D eigenvalue weighted by Gasteiger charge is 2.45. The topological polar surface area (TPSA) is 64.3 Å². The molecule has 0 spiro atoms. The van der Waals surface area contributed by atoms with Crippen LogP contribution in [-0.4, -0.2) is 18.6 Å². The Bertz CT molecular complexity index is 519. The third-order valence-electron chi connectivity index (χ3n) is 4.02. The zero-order valence-electron chi connectivity index (χ0n) is 12.1. The zero-order valence-corrected chi connectivity index (χ0v) is 12.1. The van der Waals surface area contributed by atoms with Crippen LogP contribution in [0.1, 0.15) is 35.1 Å². The molecule has 4 heteroatoms. The molecular formula is C15H22N2O2. The second-order valence-electron chi connectivity index (χ2n) is 5.47. The van der Waals surface area contributed by atoms with Crippen LogP contribution in [0.2, 0.25) is 0 Å². The monoisotopic (exact) mass is 262 g/mol. The number of hydrogen-bond donors (Lipinski definition) is 2. The molecule has 0 heterocycles. The van der Waals surface area contributed by atoms with Crippen molar-refractivity contribution in [2.75, 3.05) is 7.11 Å². The predicted molar refractivity (Wildman–Crippen MR) is 75.2 cm³/mol. The molecule has 0 bridgehead atoms. The first-order chi connectivity index (χ1) is 8.89. The van der Waals surface area contributed by atoms with E-state index in [1.807, 2.05) is 20.8 Å². The van der Waals surface area contributed by atoms with Crippen molar-refractivity contribution in [1.29, 1.82) is 0 Å². The molecule has 1 aliphatic rings. The lowest BCUT2D eigenvalue weighted by Crippen LogP contribution is -2.42. The maximum atomic E-state index is 11.8. The van der Waals surface area contributed by atoms with Crippen LogP contribution in [0.15, 0.2) is 6.07 Å². The van der Waals surface area contributed by atoms with E-state index in [4.69, 9.17) is 10.5 Å². The fourth-order valence-corrected chi connectivity index (χ4v) is 2.35. The summed E-state index contributed by atoms with van der Waals surface area (Å²) in [5.74, 6) is 0.878. The van der Waals surface area contributed by atoms with E-state index in [0.29, 0.717) is 6.54 Å². The summed E-state index contributed by atoms with van der Waals surface area (Å²) in [5.41, 5.74) is 9.75. The van der Waals surface area contributed by atoms with E-state index in [1.54, 1.807) is 7.11 Å². The number of carbonyl (C=O) groups is 1. The van der Waals surface area contributed by atoms with Gasteiger partial charge in [0.05, 0.1) is 12.6 Å². The third-order valence-corrected chi connectivity index (χ3v) is 4.02. The Morgan fingerprint density at radius 1 is 1.37 bits per heavy atom. The van der Waals surface area contributed by atoms with Gasteiger partial charge in [-0.2, -0.15) is 0 Å². The van der Waals surface area contributed by atoms with Gasteiger partial charge in [0.15, 0.2) is 0 Å². The molecule has 1 saturated carbocycles. The summed E-state index contributed by atoms with van der Waals surface area (Å²) in [6, 6.07) is 2.07. The SMILES string of the molecule is COc1c(C)cc(CNC(=O)C2(N)CC2)c(C)c1C. The number of amides is 1. The lowest BCUT2D eigenvalue weighted by Gasteiger charge is -2.17. The number of nitrogens with two attached hydrogens (primary N) is 1. The molecule has 19 heavy (non-hydrogen) atoms. The van der Waals surface area contributed by atoms with Crippen LogP contribution in [0.25, 0.3) is 0 Å². The van der Waals surface area contributed by atoms with E-state index in [0.717, 1.165) is 40.8 Å². The fraction of sp³-hybridized carbons (Fsp3) is 0.533. The van der Waals surface area contributed by atoms with Crippen molar-refractivity contribution >= 4 is 5.91 Å². The van der Waals surface area contributed by atoms with Crippen molar-refractivity contribution in [3.63, 3.8) is 0 Å². The van der Waals surface area contributed by atoms with Crippen LogP contribution < -0.4 is 15.8 Å². The third kappa shape index (κ3) is 2.59. The number of methoxy groups -OCH3 is 1. The highest BCUT2D eigenvalue weighted by Crippen LogP contribution is 2.32. The second kappa shape index (κ2) is 4.85. The zero-order chi connectivity index (χ0) is 14.2. The second-order valence-corrected chi connectivity index (χ2v) is 5.47. The molecule has 0 unspecified atom stereocenters. The minimum atomic E-state index is -0.607. The van der Waals surface area contributed by atoms with Crippen LogP contribution >= 0.6 is 0 Å². The number of benzene rings is 1. The minimum Gasteiger partial charge on any atom is -0.496 e. The molecule has 0 aliphatic heterocycles. The normalized spacial score (nSPS) is 16.1. The van der Waals surface area contributed by atoms with Gasteiger partial charge in [-0.25, -0.2) is 0 Å².